The third-order valence-corrected chi connectivity index (χ3v) is 8.00. The van der Waals surface area contributed by atoms with Crippen LogP contribution in [-0.4, -0.2) is 0 Å². The van der Waals surface area contributed by atoms with E-state index in [1.165, 1.54) is 103 Å². The standard InChI is InChI=1S/C28H46/c1-3-5-7-8-10-24-13-17-26(18-14-24)28-21-19-27(20-22-28)25-15-11-23(12-16-25)9-6-4-2/h19-26H,3-18H2,1-2H3. The third kappa shape index (κ3) is 6.64. The van der Waals surface area contributed by atoms with Gasteiger partial charge in [0.1, 0.15) is 0 Å². The second-order valence-electron chi connectivity index (χ2n) is 10.1. The summed E-state index contributed by atoms with van der Waals surface area (Å²) in [6.45, 7) is 4.64. The van der Waals surface area contributed by atoms with Crippen molar-refractivity contribution in [3.8, 4) is 0 Å². The van der Waals surface area contributed by atoms with Crippen LogP contribution >= 0.6 is 0 Å². The topological polar surface area (TPSA) is 0 Å². The summed E-state index contributed by atoms with van der Waals surface area (Å²) < 4.78 is 0. The summed E-state index contributed by atoms with van der Waals surface area (Å²) in [6, 6.07) is 9.96. The molecule has 2 aliphatic carbocycles. The van der Waals surface area contributed by atoms with Crippen molar-refractivity contribution in [2.75, 3.05) is 0 Å². The Labute approximate surface area is 175 Å². The molecule has 0 spiro atoms. The normalized spacial score (nSPS) is 28.4. The first-order chi connectivity index (χ1) is 13.8. The number of rotatable bonds is 10. The first-order valence-corrected chi connectivity index (χ1v) is 12.9. The predicted molar refractivity (Wildman–Crippen MR) is 124 cm³/mol. The lowest BCUT2D eigenvalue weighted by molar-refractivity contribution is 0.301. The SMILES string of the molecule is CCCCCCC1CCC(c2ccc(C3CCC(CCCC)CC3)cc2)CC1. The summed E-state index contributed by atoms with van der Waals surface area (Å²) in [5.74, 6) is 3.72. The highest BCUT2D eigenvalue weighted by Crippen LogP contribution is 2.40. The molecule has 3 rings (SSSR count). The molecule has 0 saturated heterocycles. The molecule has 0 heterocycles. The van der Waals surface area contributed by atoms with Crippen molar-refractivity contribution in [2.45, 2.75) is 128 Å². The minimum absolute atomic E-state index is 0.839. The van der Waals surface area contributed by atoms with E-state index in [4.69, 9.17) is 0 Å². The van der Waals surface area contributed by atoms with Crippen LogP contribution in [0.15, 0.2) is 24.3 Å². The molecule has 0 radical (unpaired) electrons. The van der Waals surface area contributed by atoms with E-state index in [9.17, 15) is 0 Å². The summed E-state index contributed by atoms with van der Waals surface area (Å²) in [4.78, 5) is 0. The molecule has 2 fully saturated rings. The van der Waals surface area contributed by atoms with Crippen molar-refractivity contribution >= 4 is 0 Å². The molecule has 158 valence electrons. The first-order valence-electron chi connectivity index (χ1n) is 12.9. The van der Waals surface area contributed by atoms with Crippen molar-refractivity contribution in [1.82, 2.24) is 0 Å². The van der Waals surface area contributed by atoms with Gasteiger partial charge in [0.2, 0.25) is 0 Å². The average molecular weight is 383 g/mol. The third-order valence-electron chi connectivity index (χ3n) is 8.00. The van der Waals surface area contributed by atoms with E-state index in [1.807, 2.05) is 0 Å². The zero-order valence-corrected chi connectivity index (χ0v) is 18.9. The van der Waals surface area contributed by atoms with Gasteiger partial charge in [0.05, 0.1) is 0 Å². The second kappa shape index (κ2) is 12.0. The van der Waals surface area contributed by atoms with Crippen LogP contribution in [0.3, 0.4) is 0 Å². The summed E-state index contributed by atoms with van der Waals surface area (Å²) in [5.41, 5.74) is 3.26. The van der Waals surface area contributed by atoms with Crippen LogP contribution in [0, 0.1) is 11.8 Å². The smallest absolute Gasteiger partial charge is 0.0162 e. The van der Waals surface area contributed by atoms with Gasteiger partial charge in [0.15, 0.2) is 0 Å². The fourth-order valence-electron chi connectivity index (χ4n) is 5.96. The highest BCUT2D eigenvalue weighted by molar-refractivity contribution is 5.28. The molecule has 0 bridgehead atoms. The van der Waals surface area contributed by atoms with Crippen molar-refractivity contribution in [3.05, 3.63) is 35.4 Å². The number of hydrogen-bond donors (Lipinski definition) is 0. The lowest BCUT2D eigenvalue weighted by Crippen LogP contribution is -2.14. The first kappa shape index (κ1) is 21.9. The van der Waals surface area contributed by atoms with Crippen molar-refractivity contribution in [3.63, 3.8) is 0 Å². The van der Waals surface area contributed by atoms with Crippen LogP contribution in [0.1, 0.15) is 140 Å². The largest absolute Gasteiger partial charge is 0.0654 e. The molecule has 0 heteroatoms. The Kier molecular flexibility index (Phi) is 9.42. The van der Waals surface area contributed by atoms with Gasteiger partial charge >= 0.3 is 0 Å². The zero-order valence-electron chi connectivity index (χ0n) is 18.9. The molecular formula is C28H46. The lowest BCUT2D eigenvalue weighted by Gasteiger charge is -2.30. The molecule has 2 saturated carbocycles. The quantitative estimate of drug-likeness (QED) is 0.353. The number of hydrogen-bond acceptors (Lipinski definition) is 0. The minimum atomic E-state index is 0.839. The molecule has 1 aromatic carbocycles. The maximum Gasteiger partial charge on any atom is -0.0162 e. The molecule has 28 heavy (non-hydrogen) atoms. The summed E-state index contributed by atoms with van der Waals surface area (Å²) in [6.07, 6.45) is 23.1. The average Bonchev–Trinajstić information content (AvgIpc) is 2.76. The maximum atomic E-state index is 2.49. The molecule has 2 aliphatic rings. The van der Waals surface area contributed by atoms with Crippen molar-refractivity contribution in [2.24, 2.45) is 11.8 Å². The fraction of sp³-hybridized carbons (Fsp3) is 0.786. The van der Waals surface area contributed by atoms with Gasteiger partial charge in [0.25, 0.3) is 0 Å². The van der Waals surface area contributed by atoms with Gasteiger partial charge in [-0.25, -0.2) is 0 Å². The Morgan fingerprint density at radius 3 is 1.39 bits per heavy atom. The van der Waals surface area contributed by atoms with Gasteiger partial charge in [0, 0.05) is 0 Å². The Balaban J connectivity index is 1.40. The van der Waals surface area contributed by atoms with Crippen molar-refractivity contribution in [1.29, 1.82) is 0 Å². The monoisotopic (exact) mass is 382 g/mol. The van der Waals surface area contributed by atoms with Crippen LogP contribution in [-0.2, 0) is 0 Å². The van der Waals surface area contributed by atoms with E-state index >= 15 is 0 Å². The minimum Gasteiger partial charge on any atom is -0.0654 e. The Bertz CT molecular complexity index is 511. The molecule has 0 nitrogen and oxygen atoms in total. The van der Waals surface area contributed by atoms with Crippen LogP contribution in [0.25, 0.3) is 0 Å². The van der Waals surface area contributed by atoms with Gasteiger partial charge in [-0.1, -0.05) is 89.5 Å². The second-order valence-corrected chi connectivity index (χ2v) is 10.1. The van der Waals surface area contributed by atoms with Gasteiger partial charge in [-0.15, -0.1) is 0 Å². The van der Waals surface area contributed by atoms with E-state index in [0.717, 1.165) is 23.7 Å². The zero-order chi connectivity index (χ0) is 19.6. The van der Waals surface area contributed by atoms with Gasteiger partial charge in [-0.2, -0.15) is 0 Å². The maximum absolute atomic E-state index is 2.49. The summed E-state index contributed by atoms with van der Waals surface area (Å²) >= 11 is 0. The van der Waals surface area contributed by atoms with E-state index in [2.05, 4.69) is 38.1 Å². The van der Waals surface area contributed by atoms with Gasteiger partial charge < -0.3 is 0 Å². The molecule has 0 amide bonds. The fourth-order valence-corrected chi connectivity index (χ4v) is 5.96. The highest BCUT2D eigenvalue weighted by Gasteiger charge is 2.24. The summed E-state index contributed by atoms with van der Waals surface area (Å²) in [7, 11) is 0. The van der Waals surface area contributed by atoms with Crippen LogP contribution in [0.5, 0.6) is 0 Å². The van der Waals surface area contributed by atoms with E-state index in [1.54, 1.807) is 11.1 Å². The molecule has 1 aromatic rings. The van der Waals surface area contributed by atoms with Crippen molar-refractivity contribution < 1.29 is 0 Å². The molecule has 0 aromatic heterocycles. The molecular weight excluding hydrogens is 336 g/mol. The lowest BCUT2D eigenvalue weighted by atomic mass is 9.75. The molecule has 0 N–H and O–H groups in total. The van der Waals surface area contributed by atoms with Gasteiger partial charge in [-0.05, 0) is 86.2 Å². The number of unbranched alkanes of at least 4 members (excludes halogenated alkanes) is 4. The number of benzene rings is 1. The Hall–Kier alpha value is -0.780. The van der Waals surface area contributed by atoms with Gasteiger partial charge in [-0.3, -0.25) is 0 Å². The van der Waals surface area contributed by atoms with Crippen LogP contribution in [0.2, 0.25) is 0 Å². The molecule has 0 atom stereocenters. The van der Waals surface area contributed by atoms with E-state index in [-0.39, 0.29) is 0 Å². The summed E-state index contributed by atoms with van der Waals surface area (Å²) in [5, 5.41) is 0. The molecule has 0 aliphatic heterocycles. The Morgan fingerprint density at radius 2 is 0.964 bits per heavy atom. The highest BCUT2D eigenvalue weighted by atomic mass is 14.3. The Morgan fingerprint density at radius 1 is 0.536 bits per heavy atom. The van der Waals surface area contributed by atoms with Crippen LogP contribution < -0.4 is 0 Å². The van der Waals surface area contributed by atoms with Crippen LogP contribution in [0.4, 0.5) is 0 Å². The molecule has 0 unspecified atom stereocenters. The van der Waals surface area contributed by atoms with E-state index in [0.29, 0.717) is 0 Å². The van der Waals surface area contributed by atoms with E-state index < -0.39 is 0 Å². The predicted octanol–water partition coefficient (Wildman–Crippen LogP) is 9.39.